The van der Waals surface area contributed by atoms with E-state index in [1.807, 2.05) is 0 Å². The quantitative estimate of drug-likeness (QED) is 0.283. The van der Waals surface area contributed by atoms with E-state index in [0.29, 0.717) is 12.3 Å². The Hall–Kier alpha value is -3.34. The van der Waals surface area contributed by atoms with E-state index in [1.165, 1.54) is 30.5 Å². The summed E-state index contributed by atoms with van der Waals surface area (Å²) in [6.45, 7) is 2.22. The predicted octanol–water partition coefficient (Wildman–Crippen LogP) is 1.27. The van der Waals surface area contributed by atoms with Crippen LogP contribution in [0.4, 0.5) is 5.69 Å². The number of carbonyl (C=O) groups excluding carboxylic acids is 2. The number of carboxylic acids is 1. The van der Waals surface area contributed by atoms with Crippen molar-refractivity contribution in [2.75, 3.05) is 18.5 Å². The van der Waals surface area contributed by atoms with Crippen molar-refractivity contribution in [2.45, 2.75) is 13.3 Å². The van der Waals surface area contributed by atoms with Crippen LogP contribution in [-0.2, 0) is 14.3 Å². The Morgan fingerprint density at radius 3 is 2.50 bits per heavy atom. The van der Waals surface area contributed by atoms with Crippen molar-refractivity contribution in [1.82, 2.24) is 5.32 Å². The Labute approximate surface area is 138 Å². The van der Waals surface area contributed by atoms with Crippen LogP contribution in [0.2, 0.25) is 0 Å². The summed E-state index contributed by atoms with van der Waals surface area (Å²) in [6.07, 6.45) is 1.32. The Morgan fingerprint density at radius 2 is 1.96 bits per heavy atom. The molecule has 0 fully saturated rings. The Balaban J connectivity index is 2.56. The molecular weight excluding hydrogens is 314 g/mol. The Kier molecular flexibility index (Phi) is 7.51. The van der Waals surface area contributed by atoms with Gasteiger partial charge in [-0.15, -0.1) is 0 Å². The summed E-state index contributed by atoms with van der Waals surface area (Å²) in [5, 5.41) is 23.0. The first kappa shape index (κ1) is 18.7. The van der Waals surface area contributed by atoms with E-state index in [0.717, 1.165) is 0 Å². The van der Waals surface area contributed by atoms with Crippen molar-refractivity contribution in [1.29, 1.82) is 5.26 Å². The molecule has 1 aromatic carbocycles. The first-order chi connectivity index (χ1) is 11.5. The van der Waals surface area contributed by atoms with Crippen molar-refractivity contribution < 1.29 is 24.2 Å². The average molecular weight is 331 g/mol. The van der Waals surface area contributed by atoms with Gasteiger partial charge in [-0.3, -0.25) is 9.59 Å². The minimum absolute atomic E-state index is 0.0877. The smallest absolute Gasteiger partial charge is 0.335 e. The maximum atomic E-state index is 11.9. The lowest BCUT2D eigenvalue weighted by molar-refractivity contribution is -0.142. The molecule has 8 nitrogen and oxygen atoms in total. The Bertz CT molecular complexity index is 674. The number of amides is 1. The number of carbonyl (C=O) groups is 3. The number of carboxylic acid groups (broad SMARTS) is 1. The van der Waals surface area contributed by atoms with E-state index < -0.39 is 11.9 Å². The Morgan fingerprint density at radius 1 is 1.29 bits per heavy atom. The van der Waals surface area contributed by atoms with Crippen LogP contribution in [0.5, 0.6) is 0 Å². The molecule has 3 N–H and O–H groups in total. The molecule has 1 amide bonds. The maximum absolute atomic E-state index is 11.9. The number of esters is 1. The molecule has 24 heavy (non-hydrogen) atoms. The zero-order chi connectivity index (χ0) is 17.9. The molecule has 0 radical (unpaired) electrons. The molecule has 1 rings (SSSR count). The maximum Gasteiger partial charge on any atom is 0.335 e. The number of anilines is 1. The molecule has 0 atom stereocenters. The molecule has 0 saturated carbocycles. The predicted molar refractivity (Wildman–Crippen MR) is 85.0 cm³/mol. The lowest BCUT2D eigenvalue weighted by Crippen LogP contribution is -2.19. The van der Waals surface area contributed by atoms with Gasteiger partial charge in [0, 0.05) is 18.4 Å². The normalized spacial score (nSPS) is 10.4. The van der Waals surface area contributed by atoms with Gasteiger partial charge in [-0.2, -0.15) is 5.26 Å². The van der Waals surface area contributed by atoms with E-state index >= 15 is 0 Å². The van der Waals surface area contributed by atoms with Crippen LogP contribution in [0.15, 0.2) is 36.0 Å². The fraction of sp³-hybridized carbons (Fsp3) is 0.250. The van der Waals surface area contributed by atoms with Crippen LogP contribution in [0.25, 0.3) is 0 Å². The van der Waals surface area contributed by atoms with Gasteiger partial charge < -0.3 is 20.5 Å². The SMILES string of the molecule is CCOC(=O)CCN/C=C(/C#N)C(=O)Nc1ccc(C(=O)O)cc1. The van der Waals surface area contributed by atoms with Gasteiger partial charge in [-0.25, -0.2) is 4.79 Å². The van der Waals surface area contributed by atoms with Gasteiger partial charge >= 0.3 is 11.9 Å². The summed E-state index contributed by atoms with van der Waals surface area (Å²) in [6, 6.07) is 7.26. The highest BCUT2D eigenvalue weighted by Gasteiger charge is 2.10. The number of hydrogen-bond donors (Lipinski definition) is 3. The lowest BCUT2D eigenvalue weighted by atomic mass is 10.2. The molecule has 8 heteroatoms. The molecule has 126 valence electrons. The van der Waals surface area contributed by atoms with Crippen LogP contribution in [0, 0.1) is 11.3 Å². The van der Waals surface area contributed by atoms with Gasteiger partial charge in [0.1, 0.15) is 11.6 Å². The molecule has 0 aliphatic rings. The molecule has 0 unspecified atom stereocenters. The number of aromatic carboxylic acids is 1. The van der Waals surface area contributed by atoms with Crippen molar-refractivity contribution >= 4 is 23.5 Å². The number of ether oxygens (including phenoxy) is 1. The molecule has 0 saturated heterocycles. The highest BCUT2D eigenvalue weighted by Crippen LogP contribution is 2.10. The third-order valence-electron chi connectivity index (χ3n) is 2.78. The largest absolute Gasteiger partial charge is 0.478 e. The van der Waals surface area contributed by atoms with Gasteiger partial charge in [0.2, 0.25) is 0 Å². The summed E-state index contributed by atoms with van der Waals surface area (Å²) in [7, 11) is 0. The number of rotatable bonds is 8. The molecule has 0 spiro atoms. The standard InChI is InChI=1S/C16H17N3O5/c1-2-24-14(20)7-8-18-10-12(9-17)15(21)19-13-5-3-11(4-6-13)16(22)23/h3-6,10,18H,2,7-8H2,1H3,(H,19,21)(H,22,23)/b12-10-. The number of hydrogen-bond acceptors (Lipinski definition) is 6. The highest BCUT2D eigenvalue weighted by molar-refractivity contribution is 6.06. The van der Waals surface area contributed by atoms with Crippen LogP contribution in [0.1, 0.15) is 23.7 Å². The minimum atomic E-state index is -1.07. The third-order valence-corrected chi connectivity index (χ3v) is 2.78. The molecule has 0 aromatic heterocycles. The van der Waals surface area contributed by atoms with Crippen molar-refractivity contribution in [3.05, 3.63) is 41.6 Å². The van der Waals surface area contributed by atoms with Crippen LogP contribution >= 0.6 is 0 Å². The minimum Gasteiger partial charge on any atom is -0.478 e. The lowest BCUT2D eigenvalue weighted by Gasteiger charge is -2.05. The van der Waals surface area contributed by atoms with Crippen LogP contribution in [-0.4, -0.2) is 36.1 Å². The zero-order valence-corrected chi connectivity index (χ0v) is 13.0. The second-order valence-electron chi connectivity index (χ2n) is 4.52. The van der Waals surface area contributed by atoms with Crippen molar-refractivity contribution in [3.8, 4) is 6.07 Å². The van der Waals surface area contributed by atoms with E-state index in [9.17, 15) is 14.4 Å². The summed E-state index contributed by atoms with van der Waals surface area (Å²) in [5.41, 5.74) is 0.267. The van der Waals surface area contributed by atoms with E-state index in [4.69, 9.17) is 15.1 Å². The van der Waals surface area contributed by atoms with Gasteiger partial charge in [-0.05, 0) is 31.2 Å². The van der Waals surface area contributed by atoms with Gasteiger partial charge in [0.25, 0.3) is 5.91 Å². The fourth-order valence-electron chi connectivity index (χ4n) is 1.62. The van der Waals surface area contributed by atoms with Crippen molar-refractivity contribution in [2.24, 2.45) is 0 Å². The highest BCUT2D eigenvalue weighted by atomic mass is 16.5. The molecule has 0 heterocycles. The van der Waals surface area contributed by atoms with E-state index in [1.54, 1.807) is 13.0 Å². The molecule has 1 aromatic rings. The molecule has 0 bridgehead atoms. The zero-order valence-electron chi connectivity index (χ0n) is 13.0. The average Bonchev–Trinajstić information content (AvgIpc) is 2.55. The number of nitriles is 1. The van der Waals surface area contributed by atoms with Gasteiger partial charge in [0.15, 0.2) is 0 Å². The number of nitrogens with zero attached hydrogens (tertiary/aromatic N) is 1. The van der Waals surface area contributed by atoms with Crippen LogP contribution in [0.3, 0.4) is 0 Å². The third kappa shape index (κ3) is 6.19. The van der Waals surface area contributed by atoms with Gasteiger partial charge in [-0.1, -0.05) is 0 Å². The molecule has 0 aliphatic heterocycles. The first-order valence-electron chi connectivity index (χ1n) is 7.12. The second kappa shape index (κ2) is 9.63. The summed E-state index contributed by atoms with van der Waals surface area (Å²) >= 11 is 0. The molecular formula is C16H17N3O5. The monoisotopic (exact) mass is 331 g/mol. The van der Waals surface area contributed by atoms with Gasteiger partial charge in [0.05, 0.1) is 18.6 Å². The topological polar surface area (TPSA) is 129 Å². The van der Waals surface area contributed by atoms with E-state index in [-0.39, 0.29) is 30.1 Å². The van der Waals surface area contributed by atoms with Crippen molar-refractivity contribution in [3.63, 3.8) is 0 Å². The fourth-order valence-corrected chi connectivity index (χ4v) is 1.62. The summed E-state index contributed by atoms with van der Waals surface area (Å²) in [4.78, 5) is 33.8. The second-order valence-corrected chi connectivity index (χ2v) is 4.52. The van der Waals surface area contributed by atoms with E-state index in [2.05, 4.69) is 10.6 Å². The number of nitrogens with one attached hydrogen (secondary N) is 2. The first-order valence-corrected chi connectivity index (χ1v) is 7.12. The van der Waals surface area contributed by atoms with Crippen LogP contribution < -0.4 is 10.6 Å². The summed E-state index contributed by atoms with van der Waals surface area (Å²) in [5.74, 6) is -2.10. The molecule has 0 aliphatic carbocycles. The number of benzene rings is 1. The summed E-state index contributed by atoms with van der Waals surface area (Å²) < 4.78 is 4.74.